The molecule has 0 aliphatic heterocycles. The Morgan fingerprint density at radius 1 is 1.05 bits per heavy atom. The third-order valence-electron chi connectivity index (χ3n) is 3.05. The number of carbonyl (C=O) groups excluding carboxylic acids is 1. The van der Waals surface area contributed by atoms with Crippen molar-refractivity contribution in [3.63, 3.8) is 0 Å². The number of para-hydroxylation sites is 1. The third-order valence-corrected chi connectivity index (χ3v) is 3.05. The molecular formula is C16H14N2O3. The highest BCUT2D eigenvalue weighted by atomic mass is 16.6. The SMILES string of the molecule is NC(=O)Oc1[nH]c2ccccc2c1OCc1ccccc1. The van der Waals surface area contributed by atoms with Gasteiger partial charge in [0.25, 0.3) is 0 Å². The van der Waals surface area contributed by atoms with Crippen molar-refractivity contribution < 1.29 is 14.3 Å². The Kier molecular flexibility index (Phi) is 3.47. The van der Waals surface area contributed by atoms with E-state index in [-0.39, 0.29) is 5.88 Å². The van der Waals surface area contributed by atoms with Crippen LogP contribution in [-0.2, 0) is 6.61 Å². The minimum Gasteiger partial charge on any atom is -0.483 e. The molecule has 2 aromatic carbocycles. The van der Waals surface area contributed by atoms with Crippen molar-refractivity contribution in [2.75, 3.05) is 0 Å². The number of hydrogen-bond acceptors (Lipinski definition) is 3. The van der Waals surface area contributed by atoms with E-state index < -0.39 is 6.09 Å². The number of benzene rings is 2. The molecule has 1 amide bonds. The van der Waals surface area contributed by atoms with Crippen LogP contribution in [-0.4, -0.2) is 11.1 Å². The second-order valence-corrected chi connectivity index (χ2v) is 4.52. The zero-order valence-electron chi connectivity index (χ0n) is 11.2. The van der Waals surface area contributed by atoms with Gasteiger partial charge in [-0.2, -0.15) is 0 Å². The van der Waals surface area contributed by atoms with Crippen molar-refractivity contribution in [1.82, 2.24) is 4.98 Å². The van der Waals surface area contributed by atoms with E-state index in [2.05, 4.69) is 4.98 Å². The summed E-state index contributed by atoms with van der Waals surface area (Å²) in [6, 6.07) is 17.3. The van der Waals surface area contributed by atoms with E-state index >= 15 is 0 Å². The van der Waals surface area contributed by atoms with Crippen LogP contribution in [0.2, 0.25) is 0 Å². The summed E-state index contributed by atoms with van der Waals surface area (Å²) in [5.41, 5.74) is 6.92. The van der Waals surface area contributed by atoms with Crippen molar-refractivity contribution in [3.05, 3.63) is 60.2 Å². The topological polar surface area (TPSA) is 77.3 Å². The molecule has 0 atom stereocenters. The van der Waals surface area contributed by atoms with Crippen molar-refractivity contribution >= 4 is 17.0 Å². The van der Waals surface area contributed by atoms with E-state index in [0.717, 1.165) is 16.5 Å². The third kappa shape index (κ3) is 2.81. The summed E-state index contributed by atoms with van der Waals surface area (Å²) in [4.78, 5) is 14.0. The van der Waals surface area contributed by atoms with E-state index in [0.29, 0.717) is 12.4 Å². The van der Waals surface area contributed by atoms with E-state index in [9.17, 15) is 4.79 Å². The van der Waals surface area contributed by atoms with E-state index in [1.807, 2.05) is 54.6 Å². The maximum absolute atomic E-state index is 11.0. The van der Waals surface area contributed by atoms with Crippen LogP contribution in [0.1, 0.15) is 5.56 Å². The Morgan fingerprint density at radius 3 is 2.52 bits per heavy atom. The zero-order valence-corrected chi connectivity index (χ0v) is 11.2. The molecule has 0 unspecified atom stereocenters. The maximum Gasteiger partial charge on any atom is 0.411 e. The van der Waals surface area contributed by atoms with Crippen LogP contribution < -0.4 is 15.2 Å². The number of nitrogens with one attached hydrogen (secondary N) is 1. The molecule has 0 fully saturated rings. The minimum atomic E-state index is -0.883. The van der Waals surface area contributed by atoms with Crippen LogP contribution in [0.5, 0.6) is 11.6 Å². The van der Waals surface area contributed by atoms with Crippen molar-refractivity contribution in [2.24, 2.45) is 5.73 Å². The van der Waals surface area contributed by atoms with Crippen molar-refractivity contribution in [3.8, 4) is 11.6 Å². The maximum atomic E-state index is 11.0. The van der Waals surface area contributed by atoms with E-state index in [4.69, 9.17) is 15.2 Å². The van der Waals surface area contributed by atoms with Crippen LogP contribution in [0.15, 0.2) is 54.6 Å². The Balaban J connectivity index is 1.93. The van der Waals surface area contributed by atoms with Crippen LogP contribution in [0, 0.1) is 0 Å². The molecule has 1 aromatic heterocycles. The molecule has 0 saturated heterocycles. The van der Waals surface area contributed by atoms with Gasteiger partial charge in [-0.15, -0.1) is 0 Å². The van der Waals surface area contributed by atoms with Crippen LogP contribution in [0.25, 0.3) is 10.9 Å². The summed E-state index contributed by atoms with van der Waals surface area (Å²) in [5.74, 6) is 0.702. The standard InChI is InChI=1S/C16H14N2O3/c17-16(19)21-15-14(12-8-4-5-9-13(12)18-15)20-10-11-6-2-1-3-7-11/h1-9,18H,10H2,(H2,17,19). The van der Waals surface area contributed by atoms with Gasteiger partial charge in [-0.05, 0) is 17.7 Å². The minimum absolute atomic E-state index is 0.222. The Bertz CT molecular complexity index is 766. The van der Waals surface area contributed by atoms with Gasteiger partial charge in [-0.3, -0.25) is 0 Å². The molecule has 0 spiro atoms. The molecule has 0 aliphatic rings. The molecule has 3 N–H and O–H groups in total. The van der Waals surface area contributed by atoms with Gasteiger partial charge >= 0.3 is 6.09 Å². The van der Waals surface area contributed by atoms with Gasteiger partial charge in [0.05, 0.1) is 5.52 Å². The predicted octanol–water partition coefficient (Wildman–Crippen LogP) is 3.20. The number of rotatable bonds is 4. The number of hydrogen-bond donors (Lipinski definition) is 2. The molecule has 1 heterocycles. The lowest BCUT2D eigenvalue weighted by Crippen LogP contribution is -2.16. The number of nitrogens with two attached hydrogens (primary N) is 1. The summed E-state index contributed by atoms with van der Waals surface area (Å²) in [7, 11) is 0. The van der Waals surface area contributed by atoms with Crippen molar-refractivity contribution in [1.29, 1.82) is 0 Å². The average Bonchev–Trinajstić information content (AvgIpc) is 2.82. The summed E-state index contributed by atoms with van der Waals surface area (Å²) >= 11 is 0. The van der Waals surface area contributed by atoms with Gasteiger partial charge < -0.3 is 20.2 Å². The zero-order chi connectivity index (χ0) is 14.7. The van der Waals surface area contributed by atoms with Gasteiger partial charge in [0.1, 0.15) is 6.61 Å². The van der Waals surface area contributed by atoms with Crippen LogP contribution >= 0.6 is 0 Å². The van der Waals surface area contributed by atoms with Gasteiger partial charge in [-0.1, -0.05) is 42.5 Å². The first-order valence-corrected chi connectivity index (χ1v) is 6.49. The molecule has 0 aliphatic carbocycles. The molecule has 5 heteroatoms. The normalized spacial score (nSPS) is 10.5. The second kappa shape index (κ2) is 5.58. The molecule has 3 rings (SSSR count). The fourth-order valence-electron chi connectivity index (χ4n) is 2.14. The van der Waals surface area contributed by atoms with Gasteiger partial charge in [0.2, 0.25) is 5.88 Å². The van der Waals surface area contributed by atoms with Crippen LogP contribution in [0.3, 0.4) is 0 Å². The number of ether oxygens (including phenoxy) is 2. The lowest BCUT2D eigenvalue weighted by Gasteiger charge is -2.07. The lowest BCUT2D eigenvalue weighted by atomic mass is 10.2. The number of aromatic amines is 1. The Morgan fingerprint density at radius 2 is 1.76 bits per heavy atom. The highest BCUT2D eigenvalue weighted by Crippen LogP contribution is 2.36. The number of fused-ring (bicyclic) bond motifs is 1. The Hall–Kier alpha value is -2.95. The number of aromatic nitrogens is 1. The molecular weight excluding hydrogens is 268 g/mol. The Labute approximate surface area is 121 Å². The molecule has 5 nitrogen and oxygen atoms in total. The van der Waals surface area contributed by atoms with Gasteiger partial charge in [0.15, 0.2) is 5.75 Å². The number of amides is 1. The monoisotopic (exact) mass is 282 g/mol. The molecule has 0 radical (unpaired) electrons. The smallest absolute Gasteiger partial charge is 0.411 e. The summed E-state index contributed by atoms with van der Waals surface area (Å²) in [6.07, 6.45) is -0.883. The quantitative estimate of drug-likeness (QED) is 0.771. The van der Waals surface area contributed by atoms with Crippen LogP contribution in [0.4, 0.5) is 4.79 Å². The first-order valence-electron chi connectivity index (χ1n) is 6.49. The van der Waals surface area contributed by atoms with Gasteiger partial charge in [0, 0.05) is 5.39 Å². The highest BCUT2D eigenvalue weighted by Gasteiger charge is 2.16. The molecule has 0 bridgehead atoms. The molecule has 106 valence electrons. The predicted molar refractivity (Wildman–Crippen MR) is 79.3 cm³/mol. The fourth-order valence-corrected chi connectivity index (χ4v) is 2.14. The number of carbonyl (C=O) groups is 1. The first-order chi connectivity index (χ1) is 10.2. The number of H-pyrrole nitrogens is 1. The van der Waals surface area contributed by atoms with Crippen molar-refractivity contribution in [2.45, 2.75) is 6.61 Å². The van der Waals surface area contributed by atoms with Gasteiger partial charge in [-0.25, -0.2) is 4.79 Å². The lowest BCUT2D eigenvalue weighted by molar-refractivity contribution is 0.205. The summed E-state index contributed by atoms with van der Waals surface area (Å²) in [6.45, 7) is 0.373. The highest BCUT2D eigenvalue weighted by molar-refractivity contribution is 5.90. The molecule has 21 heavy (non-hydrogen) atoms. The summed E-state index contributed by atoms with van der Waals surface area (Å²) in [5, 5.41) is 0.838. The average molecular weight is 282 g/mol. The van der Waals surface area contributed by atoms with E-state index in [1.165, 1.54) is 0 Å². The molecule has 3 aromatic rings. The molecule has 0 saturated carbocycles. The summed E-state index contributed by atoms with van der Waals surface area (Å²) < 4.78 is 10.8. The fraction of sp³-hybridized carbons (Fsp3) is 0.0625. The first kappa shape index (κ1) is 13.1. The van der Waals surface area contributed by atoms with E-state index in [1.54, 1.807) is 0 Å². The second-order valence-electron chi connectivity index (χ2n) is 4.52. The largest absolute Gasteiger partial charge is 0.483 e. The number of primary amides is 1.